The van der Waals surface area contributed by atoms with Crippen LogP contribution in [0, 0.1) is 0 Å². The third-order valence-electron chi connectivity index (χ3n) is 2.50. The zero-order valence-corrected chi connectivity index (χ0v) is 19.8. The summed E-state index contributed by atoms with van der Waals surface area (Å²) in [6.45, 7) is 22.6. The van der Waals surface area contributed by atoms with Crippen LogP contribution in [-0.2, 0) is 20.6 Å². The standard InChI is InChI=1S/C11H30O5Si5/c1-11-19(8)14-20(9,12-17(2,3)4)16-21(10,15-19)13-18(5,6)7/h11H,1H2,2-10H3. The first-order valence-corrected chi connectivity index (χ1v) is 20.9. The lowest BCUT2D eigenvalue weighted by molar-refractivity contribution is 0.128. The van der Waals surface area contributed by atoms with Gasteiger partial charge in [-0.3, -0.25) is 0 Å². The zero-order valence-electron chi connectivity index (χ0n) is 14.8. The summed E-state index contributed by atoms with van der Waals surface area (Å²) in [6.07, 6.45) is 0. The lowest BCUT2D eigenvalue weighted by atomic mass is 11.3. The molecule has 5 nitrogen and oxygen atoms in total. The van der Waals surface area contributed by atoms with Gasteiger partial charge in [-0.2, -0.15) is 0 Å². The van der Waals surface area contributed by atoms with Crippen molar-refractivity contribution in [3.63, 3.8) is 0 Å². The molecule has 1 aliphatic rings. The van der Waals surface area contributed by atoms with Crippen molar-refractivity contribution in [3.8, 4) is 0 Å². The Morgan fingerprint density at radius 2 is 1.10 bits per heavy atom. The Morgan fingerprint density at radius 1 is 0.762 bits per heavy atom. The fourth-order valence-electron chi connectivity index (χ4n) is 2.41. The summed E-state index contributed by atoms with van der Waals surface area (Å²) in [7, 11) is -11.7. The van der Waals surface area contributed by atoms with Crippen LogP contribution in [0.4, 0.5) is 0 Å². The second-order valence-electron chi connectivity index (χ2n) is 7.68. The van der Waals surface area contributed by atoms with Gasteiger partial charge in [0.2, 0.25) is 0 Å². The van der Waals surface area contributed by atoms with E-state index in [1.54, 1.807) is 5.70 Å². The van der Waals surface area contributed by atoms with Crippen molar-refractivity contribution in [2.24, 2.45) is 0 Å². The monoisotopic (exact) mass is 382 g/mol. The van der Waals surface area contributed by atoms with E-state index < -0.39 is 42.8 Å². The molecule has 1 rings (SSSR count). The highest BCUT2D eigenvalue weighted by molar-refractivity contribution is 6.96. The van der Waals surface area contributed by atoms with Crippen molar-refractivity contribution in [3.05, 3.63) is 12.3 Å². The van der Waals surface area contributed by atoms with Crippen molar-refractivity contribution >= 4 is 42.8 Å². The summed E-state index contributed by atoms with van der Waals surface area (Å²) in [4.78, 5) is 0. The minimum atomic E-state index is -2.78. The fourth-order valence-corrected chi connectivity index (χ4v) is 24.4. The molecule has 21 heavy (non-hydrogen) atoms. The van der Waals surface area contributed by atoms with E-state index in [0.717, 1.165) is 0 Å². The third-order valence-corrected chi connectivity index (χ3v) is 20.3. The topological polar surface area (TPSA) is 46.2 Å². The van der Waals surface area contributed by atoms with Gasteiger partial charge in [-0.25, -0.2) is 0 Å². The molecular formula is C11H30O5Si5. The van der Waals surface area contributed by atoms with Gasteiger partial charge in [-0.1, -0.05) is 5.70 Å². The van der Waals surface area contributed by atoms with Crippen molar-refractivity contribution in [2.45, 2.75) is 58.9 Å². The average molecular weight is 383 g/mol. The Balaban J connectivity index is 3.11. The van der Waals surface area contributed by atoms with Crippen LogP contribution >= 0.6 is 0 Å². The van der Waals surface area contributed by atoms with Crippen LogP contribution in [0.3, 0.4) is 0 Å². The van der Waals surface area contributed by atoms with Crippen LogP contribution in [0.5, 0.6) is 0 Å². The molecule has 2 atom stereocenters. The van der Waals surface area contributed by atoms with Crippen molar-refractivity contribution < 1.29 is 20.6 Å². The summed E-state index contributed by atoms with van der Waals surface area (Å²) >= 11 is 0. The highest BCUT2D eigenvalue weighted by Gasteiger charge is 2.61. The first-order chi connectivity index (χ1) is 9.10. The maximum Gasteiger partial charge on any atom is 0.471 e. The molecule has 0 aromatic heterocycles. The third kappa shape index (κ3) is 6.33. The van der Waals surface area contributed by atoms with E-state index in [1.165, 1.54) is 0 Å². The molecule has 0 saturated carbocycles. The van der Waals surface area contributed by atoms with Crippen LogP contribution < -0.4 is 0 Å². The highest BCUT2D eigenvalue weighted by atomic mass is 28.6. The molecule has 0 spiro atoms. The van der Waals surface area contributed by atoms with Crippen molar-refractivity contribution in [1.82, 2.24) is 0 Å². The average Bonchev–Trinajstić information content (AvgIpc) is 2.06. The molecule has 1 aliphatic heterocycles. The van der Waals surface area contributed by atoms with Gasteiger partial charge in [0.25, 0.3) is 0 Å². The van der Waals surface area contributed by atoms with E-state index in [2.05, 4.69) is 45.9 Å². The Labute approximate surface area is 134 Å². The molecular weight excluding hydrogens is 353 g/mol. The first-order valence-electron chi connectivity index (χ1n) is 7.24. The first kappa shape index (κ1) is 19.7. The summed E-state index contributed by atoms with van der Waals surface area (Å²) in [5.74, 6) is 0. The molecule has 0 bridgehead atoms. The highest BCUT2D eigenvalue weighted by Crippen LogP contribution is 2.35. The summed E-state index contributed by atoms with van der Waals surface area (Å²) in [5, 5.41) is 0. The predicted molar refractivity (Wildman–Crippen MR) is 97.2 cm³/mol. The maximum absolute atomic E-state index is 6.28. The Kier molecular flexibility index (Phi) is 5.55. The van der Waals surface area contributed by atoms with Crippen LogP contribution in [0.25, 0.3) is 0 Å². The molecule has 1 saturated heterocycles. The summed E-state index contributed by atoms with van der Waals surface area (Å²) < 4.78 is 31.2. The van der Waals surface area contributed by atoms with Gasteiger partial charge < -0.3 is 20.6 Å². The quantitative estimate of drug-likeness (QED) is 0.679. The van der Waals surface area contributed by atoms with Gasteiger partial charge in [0.1, 0.15) is 0 Å². The van der Waals surface area contributed by atoms with Crippen LogP contribution in [0.1, 0.15) is 0 Å². The normalized spacial score (nSPS) is 38.3. The van der Waals surface area contributed by atoms with Crippen molar-refractivity contribution in [2.75, 3.05) is 0 Å². The molecule has 0 aromatic carbocycles. The number of rotatable bonds is 5. The molecule has 0 radical (unpaired) electrons. The van der Waals surface area contributed by atoms with Crippen molar-refractivity contribution in [1.29, 1.82) is 0 Å². The predicted octanol–water partition coefficient (Wildman–Crippen LogP) is 3.69. The fraction of sp³-hybridized carbons (Fsp3) is 0.818. The lowest BCUT2D eigenvalue weighted by Crippen LogP contribution is -2.71. The minimum Gasteiger partial charge on any atom is -0.417 e. The molecule has 124 valence electrons. The van der Waals surface area contributed by atoms with E-state index >= 15 is 0 Å². The molecule has 0 N–H and O–H groups in total. The summed E-state index contributed by atoms with van der Waals surface area (Å²) in [5.41, 5.74) is 1.80. The lowest BCUT2D eigenvalue weighted by Gasteiger charge is -2.49. The molecule has 1 fully saturated rings. The molecule has 0 aliphatic carbocycles. The Hall–Kier alpha value is 0.624. The largest absolute Gasteiger partial charge is 0.471 e. The van der Waals surface area contributed by atoms with Gasteiger partial charge in [0.05, 0.1) is 0 Å². The van der Waals surface area contributed by atoms with Gasteiger partial charge in [-0.15, -0.1) is 6.58 Å². The molecule has 10 heteroatoms. The Morgan fingerprint density at radius 3 is 1.33 bits per heavy atom. The van der Waals surface area contributed by atoms with Gasteiger partial charge in [-0.05, 0) is 45.8 Å². The van der Waals surface area contributed by atoms with E-state index in [1.807, 2.05) is 19.6 Å². The SMILES string of the molecule is C=C[Si]1(C)O[Si](C)(O[Si](C)(C)C)O[Si](C)(O[Si](C)(C)C)O1. The van der Waals surface area contributed by atoms with Gasteiger partial charge >= 0.3 is 26.2 Å². The molecule has 1 heterocycles. The second-order valence-corrected chi connectivity index (χ2v) is 26.1. The Bertz CT molecular complexity index is 377. The number of hydrogen-bond donors (Lipinski definition) is 0. The van der Waals surface area contributed by atoms with E-state index in [0.29, 0.717) is 0 Å². The smallest absolute Gasteiger partial charge is 0.417 e. The second kappa shape index (κ2) is 5.92. The molecule has 0 aromatic rings. The number of hydrogen-bond acceptors (Lipinski definition) is 5. The maximum atomic E-state index is 6.28. The molecule has 2 unspecified atom stereocenters. The van der Waals surface area contributed by atoms with E-state index in [9.17, 15) is 0 Å². The molecule has 0 amide bonds. The summed E-state index contributed by atoms with van der Waals surface area (Å²) in [6, 6.07) is 0. The zero-order chi connectivity index (χ0) is 16.7. The van der Waals surface area contributed by atoms with Crippen LogP contribution in [0.2, 0.25) is 58.9 Å². The minimum absolute atomic E-state index is 1.79. The van der Waals surface area contributed by atoms with Crippen LogP contribution in [-0.4, -0.2) is 42.8 Å². The van der Waals surface area contributed by atoms with E-state index in [4.69, 9.17) is 20.6 Å². The van der Waals surface area contributed by atoms with Gasteiger partial charge in [0, 0.05) is 13.1 Å². The van der Waals surface area contributed by atoms with Gasteiger partial charge in [0.15, 0.2) is 16.6 Å². The van der Waals surface area contributed by atoms with Crippen LogP contribution in [0.15, 0.2) is 12.3 Å². The van der Waals surface area contributed by atoms with E-state index in [-0.39, 0.29) is 0 Å².